The van der Waals surface area contributed by atoms with Crippen LogP contribution in [0.5, 0.6) is 0 Å². The molecule has 0 aromatic carbocycles. The molecule has 4 nitrogen and oxygen atoms in total. The summed E-state index contributed by atoms with van der Waals surface area (Å²) in [5.74, 6) is 0.547. The number of hydrogen-bond acceptors (Lipinski definition) is 2. The van der Waals surface area contributed by atoms with Crippen LogP contribution in [0.3, 0.4) is 0 Å². The number of aryl methyl sites for hydroxylation is 1. The molecule has 3 N–H and O–H groups in total. The number of nitrogens with zero attached hydrogens (tertiary/aromatic N) is 2. The summed E-state index contributed by atoms with van der Waals surface area (Å²) in [6.45, 7) is 2.69. The second-order valence-electron chi connectivity index (χ2n) is 4.84. The number of halogens is 1. The highest BCUT2D eigenvalue weighted by Crippen LogP contribution is 2.17. The van der Waals surface area contributed by atoms with Crippen LogP contribution < -0.4 is 11.1 Å². The summed E-state index contributed by atoms with van der Waals surface area (Å²) in [5, 5.41) is 3.28. The Labute approximate surface area is 132 Å². The van der Waals surface area contributed by atoms with Crippen LogP contribution in [0.15, 0.2) is 23.3 Å². The Morgan fingerprint density at radius 2 is 2.21 bits per heavy atom. The molecule has 0 saturated heterocycles. The largest absolute Gasteiger partial charge is 0.370 e. The molecule has 0 bridgehead atoms. The molecule has 0 amide bonds. The van der Waals surface area contributed by atoms with Gasteiger partial charge in [-0.1, -0.05) is 19.8 Å². The van der Waals surface area contributed by atoms with Gasteiger partial charge in [0.1, 0.15) is 0 Å². The zero-order valence-electron chi connectivity index (χ0n) is 11.4. The SMILES string of the molecule is CCc1ccnc(CN=C(N)NC2CCCC2)c1.I. The van der Waals surface area contributed by atoms with Gasteiger partial charge in [-0.25, -0.2) is 4.99 Å². The van der Waals surface area contributed by atoms with E-state index in [0.29, 0.717) is 18.5 Å². The van der Waals surface area contributed by atoms with Crippen molar-refractivity contribution in [1.82, 2.24) is 10.3 Å². The highest BCUT2D eigenvalue weighted by molar-refractivity contribution is 14.0. The van der Waals surface area contributed by atoms with Gasteiger partial charge in [-0.2, -0.15) is 0 Å². The van der Waals surface area contributed by atoms with Gasteiger partial charge >= 0.3 is 0 Å². The molecule has 0 unspecified atom stereocenters. The minimum absolute atomic E-state index is 0. The van der Waals surface area contributed by atoms with Crippen molar-refractivity contribution in [1.29, 1.82) is 0 Å². The second-order valence-corrected chi connectivity index (χ2v) is 4.84. The van der Waals surface area contributed by atoms with Crippen molar-refractivity contribution in [2.75, 3.05) is 0 Å². The maximum atomic E-state index is 5.88. The molecular formula is C14H23IN4. The van der Waals surface area contributed by atoms with Crippen molar-refractivity contribution < 1.29 is 0 Å². The maximum Gasteiger partial charge on any atom is 0.189 e. The third-order valence-corrected chi connectivity index (χ3v) is 3.41. The fraction of sp³-hybridized carbons (Fsp3) is 0.571. The molecule has 2 rings (SSSR count). The normalized spacial score (nSPS) is 16.2. The molecule has 1 aliphatic rings. The summed E-state index contributed by atoms with van der Waals surface area (Å²) in [6.07, 6.45) is 7.87. The van der Waals surface area contributed by atoms with Gasteiger partial charge in [0.2, 0.25) is 0 Å². The zero-order valence-corrected chi connectivity index (χ0v) is 13.8. The molecule has 0 radical (unpaired) electrons. The fourth-order valence-corrected chi connectivity index (χ4v) is 2.33. The van der Waals surface area contributed by atoms with Gasteiger partial charge in [0.15, 0.2) is 5.96 Å². The van der Waals surface area contributed by atoms with Crippen molar-refractivity contribution in [2.45, 2.75) is 51.6 Å². The van der Waals surface area contributed by atoms with Crippen LogP contribution in [0.1, 0.15) is 43.9 Å². The number of aliphatic imine (C=N–C) groups is 1. The van der Waals surface area contributed by atoms with Gasteiger partial charge in [-0.15, -0.1) is 24.0 Å². The molecule has 1 aromatic rings. The first kappa shape index (κ1) is 16.2. The van der Waals surface area contributed by atoms with Gasteiger partial charge in [-0.05, 0) is 37.0 Å². The van der Waals surface area contributed by atoms with Crippen LogP contribution in [-0.2, 0) is 13.0 Å². The van der Waals surface area contributed by atoms with E-state index in [1.807, 2.05) is 12.3 Å². The number of guanidine groups is 1. The minimum Gasteiger partial charge on any atom is -0.370 e. The van der Waals surface area contributed by atoms with Crippen LogP contribution in [0, 0.1) is 0 Å². The van der Waals surface area contributed by atoms with Crippen LogP contribution in [0.4, 0.5) is 0 Å². The summed E-state index contributed by atoms with van der Waals surface area (Å²) < 4.78 is 0. The quantitative estimate of drug-likeness (QED) is 0.484. The van der Waals surface area contributed by atoms with Crippen LogP contribution in [0.2, 0.25) is 0 Å². The Morgan fingerprint density at radius 3 is 2.89 bits per heavy atom. The molecule has 0 spiro atoms. The number of hydrogen-bond donors (Lipinski definition) is 2. The Kier molecular flexibility index (Phi) is 7.12. The van der Waals surface area contributed by atoms with E-state index in [4.69, 9.17) is 5.73 Å². The lowest BCUT2D eigenvalue weighted by Crippen LogP contribution is -2.38. The monoisotopic (exact) mass is 374 g/mol. The molecule has 1 fully saturated rings. The molecular weight excluding hydrogens is 351 g/mol. The van der Waals surface area contributed by atoms with E-state index in [1.54, 1.807) is 0 Å². The third-order valence-electron chi connectivity index (χ3n) is 3.41. The highest BCUT2D eigenvalue weighted by atomic mass is 127. The summed E-state index contributed by atoms with van der Waals surface area (Å²) in [4.78, 5) is 8.65. The number of nitrogens with one attached hydrogen (secondary N) is 1. The van der Waals surface area contributed by atoms with Crippen LogP contribution in [-0.4, -0.2) is 17.0 Å². The topological polar surface area (TPSA) is 63.3 Å². The van der Waals surface area contributed by atoms with E-state index in [2.05, 4.69) is 28.3 Å². The third kappa shape index (κ3) is 5.34. The Morgan fingerprint density at radius 1 is 1.47 bits per heavy atom. The van der Waals surface area contributed by atoms with Gasteiger partial charge < -0.3 is 11.1 Å². The molecule has 1 saturated carbocycles. The van der Waals surface area contributed by atoms with Crippen molar-refractivity contribution in [3.63, 3.8) is 0 Å². The van der Waals surface area contributed by atoms with Gasteiger partial charge in [-0.3, -0.25) is 4.98 Å². The number of nitrogens with two attached hydrogens (primary N) is 1. The lowest BCUT2D eigenvalue weighted by atomic mass is 10.2. The smallest absolute Gasteiger partial charge is 0.189 e. The molecule has 1 aromatic heterocycles. The first-order valence-electron chi connectivity index (χ1n) is 6.78. The molecule has 106 valence electrons. The molecule has 0 atom stereocenters. The van der Waals surface area contributed by atoms with Crippen LogP contribution >= 0.6 is 24.0 Å². The first-order chi connectivity index (χ1) is 8.78. The Bertz CT molecular complexity index is 414. The van der Waals surface area contributed by atoms with E-state index in [9.17, 15) is 0 Å². The summed E-state index contributed by atoms with van der Waals surface area (Å²) in [6, 6.07) is 4.64. The van der Waals surface area contributed by atoms with E-state index >= 15 is 0 Å². The van der Waals surface area contributed by atoms with Crippen molar-refractivity contribution in [3.8, 4) is 0 Å². The van der Waals surface area contributed by atoms with E-state index in [-0.39, 0.29) is 24.0 Å². The highest BCUT2D eigenvalue weighted by Gasteiger charge is 2.14. The Balaban J connectivity index is 0.00000180. The first-order valence-corrected chi connectivity index (χ1v) is 6.78. The molecule has 5 heteroatoms. The van der Waals surface area contributed by atoms with Crippen molar-refractivity contribution in [3.05, 3.63) is 29.6 Å². The maximum absolute atomic E-state index is 5.88. The minimum atomic E-state index is 0. The molecule has 1 heterocycles. The average Bonchev–Trinajstić information content (AvgIpc) is 2.89. The van der Waals surface area contributed by atoms with Gasteiger partial charge in [0.25, 0.3) is 0 Å². The molecule has 1 aliphatic carbocycles. The van der Waals surface area contributed by atoms with Crippen LogP contribution in [0.25, 0.3) is 0 Å². The van der Waals surface area contributed by atoms with E-state index in [1.165, 1.54) is 31.2 Å². The van der Waals surface area contributed by atoms with Crippen molar-refractivity contribution >= 4 is 29.9 Å². The van der Waals surface area contributed by atoms with Gasteiger partial charge in [0, 0.05) is 12.2 Å². The summed E-state index contributed by atoms with van der Waals surface area (Å²) >= 11 is 0. The lowest BCUT2D eigenvalue weighted by molar-refractivity contribution is 0.625. The van der Waals surface area contributed by atoms with E-state index in [0.717, 1.165) is 12.1 Å². The second kappa shape index (κ2) is 8.35. The zero-order chi connectivity index (χ0) is 12.8. The fourth-order valence-electron chi connectivity index (χ4n) is 2.33. The lowest BCUT2D eigenvalue weighted by Gasteiger charge is -2.12. The molecule has 19 heavy (non-hydrogen) atoms. The average molecular weight is 374 g/mol. The summed E-state index contributed by atoms with van der Waals surface area (Å²) in [7, 11) is 0. The Hall–Kier alpha value is -0.850. The van der Waals surface area contributed by atoms with Crippen molar-refractivity contribution in [2.24, 2.45) is 10.7 Å². The molecule has 0 aliphatic heterocycles. The predicted octanol–water partition coefficient (Wildman–Crippen LogP) is 2.61. The summed E-state index contributed by atoms with van der Waals surface area (Å²) in [5.41, 5.74) is 8.15. The number of aromatic nitrogens is 1. The number of rotatable bonds is 4. The number of pyridine rings is 1. The standard InChI is InChI=1S/C14H22N4.HI/c1-2-11-7-8-16-13(9-11)10-17-14(15)18-12-5-3-4-6-12;/h7-9,12H,2-6,10H2,1H3,(H3,15,17,18);1H. The van der Waals surface area contributed by atoms with Gasteiger partial charge in [0.05, 0.1) is 12.2 Å². The van der Waals surface area contributed by atoms with E-state index < -0.39 is 0 Å². The predicted molar refractivity (Wildman–Crippen MR) is 89.7 cm³/mol.